The van der Waals surface area contributed by atoms with Gasteiger partial charge in [0.25, 0.3) is 0 Å². The topological polar surface area (TPSA) is 32.3 Å². The molecule has 0 radical (unpaired) electrons. The Kier molecular flexibility index (Phi) is 5.03. The van der Waals surface area contributed by atoms with Crippen LogP contribution < -0.4 is 5.32 Å². The van der Waals surface area contributed by atoms with E-state index in [4.69, 9.17) is 0 Å². The van der Waals surface area contributed by atoms with Crippen LogP contribution in [0.3, 0.4) is 0 Å². The number of aliphatic hydroxyl groups excluding tert-OH is 1. The fourth-order valence-electron chi connectivity index (χ4n) is 2.57. The van der Waals surface area contributed by atoms with E-state index < -0.39 is 6.23 Å². The smallest absolute Gasteiger partial charge is 0.150 e. The highest BCUT2D eigenvalue weighted by atomic mass is 16.3. The molecule has 2 heteroatoms. The zero-order valence-electron chi connectivity index (χ0n) is 13.3. The van der Waals surface area contributed by atoms with E-state index in [2.05, 4.69) is 51.2 Å². The molecule has 2 aromatic carbocycles. The molecular weight excluding hydrogens is 258 g/mol. The number of anilines is 1. The average Bonchev–Trinajstić information content (AvgIpc) is 2.47. The summed E-state index contributed by atoms with van der Waals surface area (Å²) in [7, 11) is 0. The van der Waals surface area contributed by atoms with Crippen molar-refractivity contribution in [3.05, 3.63) is 65.2 Å². The van der Waals surface area contributed by atoms with Crippen LogP contribution in [0.4, 0.5) is 5.69 Å². The largest absolute Gasteiger partial charge is 0.369 e. The summed E-state index contributed by atoms with van der Waals surface area (Å²) in [4.78, 5) is 0. The molecule has 2 N–H and O–H groups in total. The fourth-order valence-corrected chi connectivity index (χ4v) is 2.57. The monoisotopic (exact) mass is 283 g/mol. The molecule has 0 bridgehead atoms. The molecule has 0 heterocycles. The second-order valence-electron chi connectivity index (χ2n) is 6.08. The van der Waals surface area contributed by atoms with Gasteiger partial charge in [-0.05, 0) is 23.0 Å². The highest BCUT2D eigenvalue weighted by Crippen LogP contribution is 2.34. The summed E-state index contributed by atoms with van der Waals surface area (Å²) in [6, 6.07) is 16.1. The zero-order valence-corrected chi connectivity index (χ0v) is 13.3. The normalized spacial score (nSPS) is 12.7. The van der Waals surface area contributed by atoms with Crippen molar-refractivity contribution in [2.24, 2.45) is 0 Å². The molecule has 0 aliphatic heterocycles. The van der Waals surface area contributed by atoms with Gasteiger partial charge in [-0.15, -0.1) is 0 Å². The summed E-state index contributed by atoms with van der Waals surface area (Å²) >= 11 is 0. The Hall–Kier alpha value is -1.80. The molecule has 0 saturated carbocycles. The van der Waals surface area contributed by atoms with Crippen LogP contribution in [-0.2, 0) is 0 Å². The second kappa shape index (κ2) is 6.77. The molecule has 0 amide bonds. The third-order valence-corrected chi connectivity index (χ3v) is 3.77. The minimum atomic E-state index is -0.691. The Morgan fingerprint density at radius 2 is 1.29 bits per heavy atom. The summed E-state index contributed by atoms with van der Waals surface area (Å²) in [5.74, 6) is 0.823. The summed E-state index contributed by atoms with van der Waals surface area (Å²) in [6.07, 6.45) is -0.691. The lowest BCUT2D eigenvalue weighted by Gasteiger charge is -2.24. The molecule has 21 heavy (non-hydrogen) atoms. The van der Waals surface area contributed by atoms with Crippen LogP contribution in [0.25, 0.3) is 0 Å². The predicted octanol–water partition coefficient (Wildman–Crippen LogP) is 5.04. The van der Waals surface area contributed by atoms with Gasteiger partial charge in [0.05, 0.1) is 0 Å². The lowest BCUT2D eigenvalue weighted by molar-refractivity contribution is 0.208. The van der Waals surface area contributed by atoms with Crippen molar-refractivity contribution in [1.82, 2.24) is 0 Å². The van der Waals surface area contributed by atoms with Crippen molar-refractivity contribution in [2.45, 2.75) is 45.8 Å². The first-order valence-corrected chi connectivity index (χ1v) is 7.63. The zero-order chi connectivity index (χ0) is 15.4. The Bertz CT molecular complexity index is 549. The van der Waals surface area contributed by atoms with Crippen molar-refractivity contribution >= 4 is 5.69 Å². The molecule has 0 fully saturated rings. The highest BCUT2D eigenvalue weighted by molar-refractivity contribution is 5.60. The van der Waals surface area contributed by atoms with Crippen LogP contribution in [0.1, 0.15) is 62.4 Å². The maximum atomic E-state index is 10.5. The van der Waals surface area contributed by atoms with Gasteiger partial charge in [0.2, 0.25) is 0 Å². The maximum absolute atomic E-state index is 10.5. The molecule has 0 saturated heterocycles. The molecule has 1 atom stereocenters. The van der Waals surface area contributed by atoms with Gasteiger partial charge in [-0.25, -0.2) is 0 Å². The summed E-state index contributed by atoms with van der Waals surface area (Å²) in [5.41, 5.74) is 4.44. The van der Waals surface area contributed by atoms with Crippen molar-refractivity contribution in [2.75, 3.05) is 5.32 Å². The first kappa shape index (κ1) is 15.6. The molecule has 112 valence electrons. The van der Waals surface area contributed by atoms with E-state index in [1.807, 2.05) is 30.3 Å². The number of hydrogen-bond acceptors (Lipinski definition) is 2. The van der Waals surface area contributed by atoms with E-state index in [0.717, 1.165) is 11.3 Å². The summed E-state index contributed by atoms with van der Waals surface area (Å²) < 4.78 is 0. The van der Waals surface area contributed by atoms with Gasteiger partial charge >= 0.3 is 0 Å². The minimum Gasteiger partial charge on any atom is -0.369 e. The van der Waals surface area contributed by atoms with E-state index in [1.54, 1.807) is 0 Å². The Morgan fingerprint density at radius 3 is 1.76 bits per heavy atom. The van der Waals surface area contributed by atoms with Crippen LogP contribution >= 0.6 is 0 Å². The van der Waals surface area contributed by atoms with E-state index in [-0.39, 0.29) is 0 Å². The van der Waals surface area contributed by atoms with Gasteiger partial charge in [0.1, 0.15) is 0 Å². The van der Waals surface area contributed by atoms with Gasteiger partial charge in [-0.3, -0.25) is 0 Å². The highest BCUT2D eigenvalue weighted by Gasteiger charge is 2.16. The number of benzene rings is 2. The quantitative estimate of drug-likeness (QED) is 0.754. The molecule has 1 unspecified atom stereocenters. The number of para-hydroxylation sites is 1. The van der Waals surface area contributed by atoms with Crippen molar-refractivity contribution in [3.63, 3.8) is 0 Å². The lowest BCUT2D eigenvalue weighted by Crippen LogP contribution is -2.14. The van der Waals surface area contributed by atoms with Gasteiger partial charge in [-0.2, -0.15) is 0 Å². The maximum Gasteiger partial charge on any atom is 0.150 e. The predicted molar refractivity (Wildman–Crippen MR) is 89.6 cm³/mol. The lowest BCUT2D eigenvalue weighted by atomic mass is 9.92. The van der Waals surface area contributed by atoms with Crippen LogP contribution in [0.5, 0.6) is 0 Å². The van der Waals surface area contributed by atoms with Gasteiger partial charge < -0.3 is 10.4 Å². The van der Waals surface area contributed by atoms with Gasteiger partial charge in [-0.1, -0.05) is 76.2 Å². The minimum absolute atomic E-state index is 0.411. The van der Waals surface area contributed by atoms with E-state index in [1.165, 1.54) is 11.1 Å². The Labute approximate surface area is 127 Å². The van der Waals surface area contributed by atoms with Crippen LogP contribution in [0.15, 0.2) is 48.5 Å². The van der Waals surface area contributed by atoms with E-state index in [0.29, 0.717) is 11.8 Å². The summed E-state index contributed by atoms with van der Waals surface area (Å²) in [6.45, 7) is 8.72. The molecule has 2 nitrogen and oxygen atoms in total. The number of hydrogen-bond donors (Lipinski definition) is 2. The third-order valence-electron chi connectivity index (χ3n) is 3.77. The molecule has 0 aromatic heterocycles. The van der Waals surface area contributed by atoms with Gasteiger partial charge in [0.15, 0.2) is 6.23 Å². The average molecular weight is 283 g/mol. The molecule has 0 aliphatic carbocycles. The molecular formula is C19H25NO. The fraction of sp³-hybridized carbons (Fsp3) is 0.368. The molecule has 2 aromatic rings. The SMILES string of the molecule is CC(C)c1cccc(C(C)C)c1NC(O)c1ccccc1. The first-order chi connectivity index (χ1) is 10.0. The van der Waals surface area contributed by atoms with E-state index in [9.17, 15) is 5.11 Å². The van der Waals surface area contributed by atoms with Crippen LogP contribution in [0, 0.1) is 0 Å². The standard InChI is InChI=1S/C19H25NO/c1-13(2)16-11-8-12-17(14(3)4)18(16)20-19(21)15-9-6-5-7-10-15/h5-14,19-21H,1-4H3. The summed E-state index contributed by atoms with van der Waals surface area (Å²) in [5, 5.41) is 13.8. The molecule has 2 rings (SSSR count). The Balaban J connectivity index is 2.38. The molecule has 0 aliphatic rings. The molecule has 0 spiro atoms. The number of nitrogens with one attached hydrogen (secondary N) is 1. The number of rotatable bonds is 5. The van der Waals surface area contributed by atoms with Crippen molar-refractivity contribution < 1.29 is 5.11 Å². The first-order valence-electron chi connectivity index (χ1n) is 7.63. The van der Waals surface area contributed by atoms with Crippen LogP contribution in [0.2, 0.25) is 0 Å². The number of aliphatic hydroxyl groups is 1. The van der Waals surface area contributed by atoms with Crippen molar-refractivity contribution in [3.8, 4) is 0 Å². The van der Waals surface area contributed by atoms with Gasteiger partial charge in [0, 0.05) is 11.3 Å². The van der Waals surface area contributed by atoms with E-state index >= 15 is 0 Å². The Morgan fingerprint density at radius 1 is 0.762 bits per heavy atom. The second-order valence-corrected chi connectivity index (χ2v) is 6.08. The van der Waals surface area contributed by atoms with Crippen LogP contribution in [-0.4, -0.2) is 5.11 Å². The third kappa shape index (κ3) is 3.64. The van der Waals surface area contributed by atoms with Crippen molar-refractivity contribution in [1.29, 1.82) is 0 Å².